The lowest BCUT2D eigenvalue weighted by Gasteiger charge is -1.96. The molecule has 0 spiro atoms. The number of unbranched alkanes of at least 4 members (excludes halogenated alkanes) is 1. The van der Waals surface area contributed by atoms with Crippen LogP contribution in [0.1, 0.15) is 40.0 Å². The first-order valence-corrected chi connectivity index (χ1v) is 4.64. The van der Waals surface area contributed by atoms with Crippen molar-refractivity contribution in [1.82, 2.24) is 0 Å². The maximum absolute atomic E-state index is 2.26. The Labute approximate surface area is 71.0 Å². The van der Waals surface area contributed by atoms with Gasteiger partial charge in [0.1, 0.15) is 0 Å². The van der Waals surface area contributed by atoms with E-state index in [2.05, 4.69) is 45.1 Å². The van der Waals surface area contributed by atoms with E-state index in [1.807, 2.05) is 0 Å². The van der Waals surface area contributed by atoms with E-state index in [4.69, 9.17) is 0 Å². The van der Waals surface area contributed by atoms with E-state index in [1.54, 1.807) is 0 Å². The van der Waals surface area contributed by atoms with Gasteiger partial charge in [0.05, 0.1) is 0 Å². The zero-order valence-electron chi connectivity index (χ0n) is 8.01. The highest BCUT2D eigenvalue weighted by atomic mass is 13.9. The van der Waals surface area contributed by atoms with E-state index < -0.39 is 0 Å². The van der Waals surface area contributed by atoms with Crippen molar-refractivity contribution in [3.8, 4) is 0 Å². The predicted octanol–water partition coefficient (Wildman–Crippen LogP) is 3.95. The van der Waals surface area contributed by atoms with Crippen LogP contribution in [0.25, 0.3) is 0 Å². The van der Waals surface area contributed by atoms with Gasteiger partial charge in [-0.15, -0.1) is 0 Å². The first-order chi connectivity index (χ1) is 5.31. The molecule has 0 rings (SSSR count). The van der Waals surface area contributed by atoms with Gasteiger partial charge in [-0.3, -0.25) is 0 Å². The molecule has 64 valence electrons. The Morgan fingerprint density at radius 3 is 2.45 bits per heavy atom. The summed E-state index contributed by atoms with van der Waals surface area (Å²) in [4.78, 5) is 0. The molecule has 1 atom stereocenters. The Kier molecular flexibility index (Phi) is 7.23. The molecular formula is C11H20. The molecule has 0 fully saturated rings. The minimum atomic E-state index is 0.723. The summed E-state index contributed by atoms with van der Waals surface area (Å²) in [6.45, 7) is 6.65. The van der Waals surface area contributed by atoms with Crippen molar-refractivity contribution in [3.63, 3.8) is 0 Å². The molecule has 0 aliphatic heterocycles. The fourth-order valence-electron chi connectivity index (χ4n) is 0.731. The molecule has 1 unspecified atom stereocenters. The van der Waals surface area contributed by atoms with Crippen molar-refractivity contribution in [3.05, 3.63) is 24.3 Å². The molecule has 0 aliphatic carbocycles. The zero-order valence-corrected chi connectivity index (χ0v) is 8.01. The molecule has 0 aliphatic rings. The van der Waals surface area contributed by atoms with Crippen LogP contribution in [0.3, 0.4) is 0 Å². The van der Waals surface area contributed by atoms with E-state index in [9.17, 15) is 0 Å². The van der Waals surface area contributed by atoms with Gasteiger partial charge in [0, 0.05) is 0 Å². The highest BCUT2D eigenvalue weighted by Gasteiger charge is 1.87. The van der Waals surface area contributed by atoms with Gasteiger partial charge in [-0.25, -0.2) is 0 Å². The molecule has 0 radical (unpaired) electrons. The Morgan fingerprint density at radius 1 is 1.18 bits per heavy atom. The van der Waals surface area contributed by atoms with Gasteiger partial charge < -0.3 is 0 Å². The second kappa shape index (κ2) is 7.59. The fourth-order valence-corrected chi connectivity index (χ4v) is 0.731. The summed E-state index contributed by atoms with van der Waals surface area (Å²) in [5, 5.41) is 0. The first kappa shape index (κ1) is 10.5. The monoisotopic (exact) mass is 152 g/mol. The van der Waals surface area contributed by atoms with Crippen LogP contribution in [0, 0.1) is 5.92 Å². The molecule has 11 heavy (non-hydrogen) atoms. The van der Waals surface area contributed by atoms with Gasteiger partial charge in [-0.05, 0) is 12.3 Å². The minimum absolute atomic E-state index is 0.723. The van der Waals surface area contributed by atoms with Crippen LogP contribution >= 0.6 is 0 Å². The summed E-state index contributed by atoms with van der Waals surface area (Å²) in [6.07, 6.45) is 12.5. The molecule has 0 aromatic heterocycles. The third-order valence-electron chi connectivity index (χ3n) is 1.79. The lowest BCUT2D eigenvalue weighted by atomic mass is 10.1. The smallest absolute Gasteiger partial charge is 0.0261 e. The number of hydrogen-bond donors (Lipinski definition) is 0. The summed E-state index contributed by atoms with van der Waals surface area (Å²) in [6, 6.07) is 0. The van der Waals surface area contributed by atoms with Crippen molar-refractivity contribution in [1.29, 1.82) is 0 Å². The summed E-state index contributed by atoms with van der Waals surface area (Å²) in [7, 11) is 0. The van der Waals surface area contributed by atoms with Crippen LogP contribution in [-0.2, 0) is 0 Å². The number of hydrogen-bond acceptors (Lipinski definition) is 0. The molecule has 0 saturated carbocycles. The SMILES string of the molecule is CCCC=CC=CC(C)CC. The second-order valence-electron chi connectivity index (χ2n) is 2.99. The Morgan fingerprint density at radius 2 is 1.91 bits per heavy atom. The Balaban J connectivity index is 3.42. The van der Waals surface area contributed by atoms with Crippen LogP contribution in [0.2, 0.25) is 0 Å². The van der Waals surface area contributed by atoms with E-state index in [0.29, 0.717) is 0 Å². The lowest BCUT2D eigenvalue weighted by Crippen LogP contribution is -1.82. The van der Waals surface area contributed by atoms with E-state index in [0.717, 1.165) is 5.92 Å². The fraction of sp³-hybridized carbons (Fsp3) is 0.636. The molecular weight excluding hydrogens is 132 g/mol. The summed E-state index contributed by atoms with van der Waals surface area (Å²) < 4.78 is 0. The van der Waals surface area contributed by atoms with Crippen LogP contribution in [0.4, 0.5) is 0 Å². The largest absolute Gasteiger partial charge is 0.0846 e. The molecule has 0 saturated heterocycles. The lowest BCUT2D eigenvalue weighted by molar-refractivity contribution is 0.698. The van der Waals surface area contributed by atoms with Crippen molar-refractivity contribution >= 4 is 0 Å². The zero-order chi connectivity index (χ0) is 8.53. The summed E-state index contributed by atoms with van der Waals surface area (Å²) in [5.41, 5.74) is 0. The number of allylic oxidation sites excluding steroid dienone is 4. The summed E-state index contributed by atoms with van der Waals surface area (Å²) >= 11 is 0. The third kappa shape index (κ3) is 7.38. The predicted molar refractivity (Wildman–Crippen MR) is 52.6 cm³/mol. The van der Waals surface area contributed by atoms with Gasteiger partial charge in [-0.2, -0.15) is 0 Å². The van der Waals surface area contributed by atoms with Crippen LogP contribution < -0.4 is 0 Å². The van der Waals surface area contributed by atoms with E-state index in [1.165, 1.54) is 19.3 Å². The van der Waals surface area contributed by atoms with Crippen LogP contribution in [-0.4, -0.2) is 0 Å². The molecule has 0 nitrogen and oxygen atoms in total. The molecule has 0 heterocycles. The van der Waals surface area contributed by atoms with E-state index >= 15 is 0 Å². The highest BCUT2D eigenvalue weighted by Crippen LogP contribution is 2.01. The van der Waals surface area contributed by atoms with Crippen molar-refractivity contribution in [2.75, 3.05) is 0 Å². The van der Waals surface area contributed by atoms with Gasteiger partial charge in [0.15, 0.2) is 0 Å². The van der Waals surface area contributed by atoms with Crippen molar-refractivity contribution < 1.29 is 0 Å². The van der Waals surface area contributed by atoms with Gasteiger partial charge >= 0.3 is 0 Å². The molecule has 0 heteroatoms. The van der Waals surface area contributed by atoms with Gasteiger partial charge in [0.2, 0.25) is 0 Å². The quantitative estimate of drug-likeness (QED) is 0.523. The summed E-state index contributed by atoms with van der Waals surface area (Å²) in [5.74, 6) is 0.723. The molecule has 0 amide bonds. The average molecular weight is 152 g/mol. The topological polar surface area (TPSA) is 0 Å². The maximum Gasteiger partial charge on any atom is -0.0261 e. The molecule has 0 aromatic rings. The normalized spacial score (nSPS) is 14.8. The first-order valence-electron chi connectivity index (χ1n) is 4.64. The maximum atomic E-state index is 2.26. The van der Waals surface area contributed by atoms with Crippen molar-refractivity contribution in [2.24, 2.45) is 5.92 Å². The van der Waals surface area contributed by atoms with Gasteiger partial charge in [0.25, 0.3) is 0 Å². The van der Waals surface area contributed by atoms with Crippen molar-refractivity contribution in [2.45, 2.75) is 40.0 Å². The van der Waals surface area contributed by atoms with Crippen LogP contribution in [0.15, 0.2) is 24.3 Å². The Hall–Kier alpha value is -0.520. The highest BCUT2D eigenvalue weighted by molar-refractivity contribution is 5.03. The molecule has 0 N–H and O–H groups in total. The molecule has 0 bridgehead atoms. The standard InChI is InChI=1S/C11H20/c1-4-6-7-8-9-10-11(3)5-2/h7-11H,4-6H2,1-3H3. The second-order valence-corrected chi connectivity index (χ2v) is 2.99. The third-order valence-corrected chi connectivity index (χ3v) is 1.79. The van der Waals surface area contributed by atoms with E-state index in [-0.39, 0.29) is 0 Å². The van der Waals surface area contributed by atoms with Crippen LogP contribution in [0.5, 0.6) is 0 Å². The Bertz CT molecular complexity index is 120. The van der Waals surface area contributed by atoms with Gasteiger partial charge in [-0.1, -0.05) is 57.9 Å². The minimum Gasteiger partial charge on any atom is -0.0846 e. The molecule has 0 aromatic carbocycles. The number of rotatable bonds is 5. The average Bonchev–Trinajstić information content (AvgIpc) is 2.04.